The molecule has 0 radical (unpaired) electrons. The zero-order chi connectivity index (χ0) is 10.8. The Balaban J connectivity index is 2.25. The highest BCUT2D eigenvalue weighted by Gasteiger charge is 2.24. The van der Waals surface area contributed by atoms with Gasteiger partial charge in [0.1, 0.15) is 5.75 Å². The highest BCUT2D eigenvalue weighted by molar-refractivity contribution is 5.79. The van der Waals surface area contributed by atoms with Gasteiger partial charge in [0.05, 0.1) is 7.11 Å². The van der Waals surface area contributed by atoms with Crippen LogP contribution in [0.4, 0.5) is 0 Å². The van der Waals surface area contributed by atoms with Crippen LogP contribution in [-0.2, 0) is 4.79 Å². The van der Waals surface area contributed by atoms with Crippen LogP contribution in [0.3, 0.4) is 0 Å². The lowest BCUT2D eigenvalue weighted by atomic mass is 9.94. The van der Waals surface area contributed by atoms with E-state index < -0.39 is 0 Å². The summed E-state index contributed by atoms with van der Waals surface area (Å²) in [4.78, 5) is 11.1. The molecule has 0 saturated carbocycles. The Labute approximate surface area is 89.4 Å². The third kappa shape index (κ3) is 1.96. The summed E-state index contributed by atoms with van der Waals surface area (Å²) in [6.45, 7) is 2.81. The molecule has 1 aliphatic rings. The molecular weight excluding hydrogens is 190 g/mol. The Kier molecular flexibility index (Phi) is 2.62. The summed E-state index contributed by atoms with van der Waals surface area (Å²) in [7, 11) is 1.66. The molecular formula is C12H15NO2. The fourth-order valence-electron chi connectivity index (χ4n) is 2.06. The number of aryl methyl sites for hydroxylation is 1. The molecule has 0 spiro atoms. The van der Waals surface area contributed by atoms with Crippen LogP contribution in [0.15, 0.2) is 18.2 Å². The number of benzene rings is 1. The predicted octanol–water partition coefficient (Wildman–Crippen LogP) is 1.61. The van der Waals surface area contributed by atoms with E-state index in [1.165, 1.54) is 11.1 Å². The van der Waals surface area contributed by atoms with Gasteiger partial charge in [-0.25, -0.2) is 0 Å². The van der Waals surface area contributed by atoms with Crippen LogP contribution in [0.1, 0.15) is 23.5 Å². The Morgan fingerprint density at radius 3 is 2.80 bits per heavy atom. The van der Waals surface area contributed by atoms with Gasteiger partial charge >= 0.3 is 0 Å². The van der Waals surface area contributed by atoms with Gasteiger partial charge in [-0.1, -0.05) is 6.07 Å². The summed E-state index contributed by atoms with van der Waals surface area (Å²) in [6.07, 6.45) is 0.604. The van der Waals surface area contributed by atoms with Crippen molar-refractivity contribution >= 4 is 5.91 Å². The predicted molar refractivity (Wildman–Crippen MR) is 58.1 cm³/mol. The average Bonchev–Trinajstić information content (AvgIpc) is 2.64. The summed E-state index contributed by atoms with van der Waals surface area (Å²) in [5, 5.41) is 2.85. The molecule has 3 nitrogen and oxygen atoms in total. The molecule has 1 heterocycles. The number of carbonyl (C=O) groups excluding carboxylic acids is 1. The van der Waals surface area contributed by atoms with E-state index in [2.05, 4.69) is 18.3 Å². The molecule has 1 saturated heterocycles. The number of ether oxygens (including phenoxy) is 1. The monoisotopic (exact) mass is 205 g/mol. The minimum atomic E-state index is 0.148. The number of methoxy groups -OCH3 is 1. The third-order valence-electron chi connectivity index (χ3n) is 2.89. The fraction of sp³-hybridized carbons (Fsp3) is 0.417. The Hall–Kier alpha value is -1.51. The van der Waals surface area contributed by atoms with Crippen molar-refractivity contribution in [3.63, 3.8) is 0 Å². The molecule has 1 N–H and O–H groups in total. The van der Waals surface area contributed by atoms with E-state index in [4.69, 9.17) is 4.74 Å². The van der Waals surface area contributed by atoms with Crippen LogP contribution in [-0.4, -0.2) is 19.6 Å². The van der Waals surface area contributed by atoms with Crippen molar-refractivity contribution < 1.29 is 9.53 Å². The largest absolute Gasteiger partial charge is 0.497 e. The van der Waals surface area contributed by atoms with Crippen molar-refractivity contribution in [3.05, 3.63) is 29.3 Å². The lowest BCUT2D eigenvalue weighted by molar-refractivity contribution is -0.119. The van der Waals surface area contributed by atoms with Crippen LogP contribution >= 0.6 is 0 Å². The molecule has 0 aromatic heterocycles. The van der Waals surface area contributed by atoms with Gasteiger partial charge in [-0.2, -0.15) is 0 Å². The topological polar surface area (TPSA) is 38.3 Å². The minimum absolute atomic E-state index is 0.148. The molecule has 15 heavy (non-hydrogen) atoms. The van der Waals surface area contributed by atoms with Crippen LogP contribution in [0.2, 0.25) is 0 Å². The molecule has 2 rings (SSSR count). The molecule has 80 valence electrons. The molecule has 1 unspecified atom stereocenters. The SMILES string of the molecule is COc1ccc(C2CNC(=O)C2)c(C)c1. The summed E-state index contributed by atoms with van der Waals surface area (Å²) in [5.74, 6) is 1.34. The van der Waals surface area contributed by atoms with Crippen LogP contribution in [0, 0.1) is 6.92 Å². The van der Waals surface area contributed by atoms with E-state index in [1.807, 2.05) is 12.1 Å². The molecule has 1 amide bonds. The lowest BCUT2D eigenvalue weighted by Crippen LogP contribution is -2.13. The first-order valence-corrected chi connectivity index (χ1v) is 5.12. The summed E-state index contributed by atoms with van der Waals surface area (Å²) in [6, 6.07) is 6.02. The number of rotatable bonds is 2. The molecule has 1 aromatic rings. The molecule has 1 fully saturated rings. The molecule has 1 atom stereocenters. The highest BCUT2D eigenvalue weighted by atomic mass is 16.5. The van der Waals surface area contributed by atoms with Gasteiger partial charge in [-0.3, -0.25) is 4.79 Å². The molecule has 1 aromatic carbocycles. The molecule has 1 aliphatic heterocycles. The van der Waals surface area contributed by atoms with Crippen molar-refractivity contribution in [3.8, 4) is 5.75 Å². The van der Waals surface area contributed by atoms with Gasteiger partial charge in [0.2, 0.25) is 5.91 Å². The number of hydrogen-bond acceptors (Lipinski definition) is 2. The maximum absolute atomic E-state index is 11.1. The Morgan fingerprint density at radius 1 is 1.47 bits per heavy atom. The van der Waals surface area contributed by atoms with Gasteiger partial charge in [0.15, 0.2) is 0 Å². The van der Waals surface area contributed by atoms with Crippen molar-refractivity contribution in [2.24, 2.45) is 0 Å². The molecule has 0 aliphatic carbocycles. The zero-order valence-corrected chi connectivity index (χ0v) is 9.04. The minimum Gasteiger partial charge on any atom is -0.497 e. The zero-order valence-electron chi connectivity index (χ0n) is 9.04. The van der Waals surface area contributed by atoms with Crippen molar-refractivity contribution in [2.45, 2.75) is 19.3 Å². The van der Waals surface area contributed by atoms with Crippen molar-refractivity contribution in [2.75, 3.05) is 13.7 Å². The third-order valence-corrected chi connectivity index (χ3v) is 2.89. The van der Waals surface area contributed by atoms with Gasteiger partial charge in [-0.05, 0) is 30.2 Å². The van der Waals surface area contributed by atoms with Crippen LogP contribution < -0.4 is 10.1 Å². The van der Waals surface area contributed by atoms with E-state index in [0.717, 1.165) is 12.3 Å². The van der Waals surface area contributed by atoms with Crippen molar-refractivity contribution in [1.29, 1.82) is 0 Å². The van der Waals surface area contributed by atoms with Crippen molar-refractivity contribution in [1.82, 2.24) is 5.32 Å². The summed E-state index contributed by atoms with van der Waals surface area (Å²) >= 11 is 0. The van der Waals surface area contributed by atoms with Crippen LogP contribution in [0.5, 0.6) is 5.75 Å². The fourth-order valence-corrected chi connectivity index (χ4v) is 2.06. The first kappa shape index (κ1) is 10.0. The van der Waals surface area contributed by atoms with E-state index in [9.17, 15) is 4.79 Å². The molecule has 3 heteroatoms. The molecule has 0 bridgehead atoms. The second-order valence-electron chi connectivity index (χ2n) is 3.93. The van der Waals surface area contributed by atoms with Gasteiger partial charge in [0, 0.05) is 18.9 Å². The highest BCUT2D eigenvalue weighted by Crippen LogP contribution is 2.28. The number of amides is 1. The number of carbonyl (C=O) groups is 1. The van der Waals surface area contributed by atoms with Gasteiger partial charge in [-0.15, -0.1) is 0 Å². The Bertz CT molecular complexity index is 387. The second-order valence-corrected chi connectivity index (χ2v) is 3.93. The maximum atomic E-state index is 11.1. The lowest BCUT2D eigenvalue weighted by Gasteiger charge is -2.12. The van der Waals surface area contributed by atoms with E-state index in [1.54, 1.807) is 7.11 Å². The van der Waals surface area contributed by atoms with E-state index in [-0.39, 0.29) is 5.91 Å². The smallest absolute Gasteiger partial charge is 0.220 e. The van der Waals surface area contributed by atoms with Crippen LogP contribution in [0.25, 0.3) is 0 Å². The standard InChI is InChI=1S/C12H15NO2/c1-8-5-10(15-2)3-4-11(8)9-6-12(14)13-7-9/h3-5,9H,6-7H2,1-2H3,(H,13,14). The number of hydrogen-bond donors (Lipinski definition) is 1. The van der Waals surface area contributed by atoms with Gasteiger partial charge < -0.3 is 10.1 Å². The summed E-state index contributed by atoms with van der Waals surface area (Å²) < 4.78 is 5.15. The van der Waals surface area contributed by atoms with Gasteiger partial charge in [0.25, 0.3) is 0 Å². The summed E-state index contributed by atoms with van der Waals surface area (Å²) in [5.41, 5.74) is 2.44. The number of nitrogens with one attached hydrogen (secondary N) is 1. The quantitative estimate of drug-likeness (QED) is 0.796. The normalized spacial score (nSPS) is 20.1. The first-order chi connectivity index (χ1) is 7.20. The first-order valence-electron chi connectivity index (χ1n) is 5.12. The maximum Gasteiger partial charge on any atom is 0.220 e. The van der Waals surface area contributed by atoms with E-state index in [0.29, 0.717) is 12.3 Å². The Morgan fingerprint density at radius 2 is 2.27 bits per heavy atom. The average molecular weight is 205 g/mol. The second kappa shape index (κ2) is 3.93. The van der Waals surface area contributed by atoms with E-state index >= 15 is 0 Å².